The third-order valence-electron chi connectivity index (χ3n) is 4.55. The number of hydrogen-bond donors (Lipinski definition) is 3. The SMILES string of the molecule is Cc1ccc(N2c3nc[nH]c(=O)c3NC2SCC(=O)Nc2cccc(C)c2)cc1. The Bertz CT molecular complexity index is 1100. The third kappa shape index (κ3) is 4.12. The molecule has 0 radical (unpaired) electrons. The van der Waals surface area contributed by atoms with Crippen LogP contribution < -0.4 is 21.1 Å². The van der Waals surface area contributed by atoms with Crippen molar-refractivity contribution in [2.75, 3.05) is 21.3 Å². The molecule has 1 aliphatic heterocycles. The number of aromatic nitrogens is 2. The Hall–Kier alpha value is -3.26. The number of nitrogens with zero attached hydrogens (tertiary/aromatic N) is 2. The first kappa shape index (κ1) is 19.1. The molecule has 0 fully saturated rings. The highest BCUT2D eigenvalue weighted by Crippen LogP contribution is 2.39. The molecular weight excluding hydrogens is 386 g/mol. The van der Waals surface area contributed by atoms with Gasteiger partial charge in [-0.3, -0.25) is 14.5 Å². The average Bonchev–Trinajstić information content (AvgIpc) is 3.07. The summed E-state index contributed by atoms with van der Waals surface area (Å²) in [5, 5.41) is 6.11. The van der Waals surface area contributed by atoms with Crippen molar-refractivity contribution in [3.05, 3.63) is 76.3 Å². The summed E-state index contributed by atoms with van der Waals surface area (Å²) in [4.78, 5) is 33.6. The van der Waals surface area contributed by atoms with E-state index in [1.807, 2.05) is 67.3 Å². The van der Waals surface area contributed by atoms with E-state index in [9.17, 15) is 9.59 Å². The summed E-state index contributed by atoms with van der Waals surface area (Å²) >= 11 is 1.40. The quantitative estimate of drug-likeness (QED) is 0.599. The fraction of sp³-hybridized carbons (Fsp3) is 0.190. The minimum Gasteiger partial charge on any atom is -0.349 e. The van der Waals surface area contributed by atoms with E-state index in [1.165, 1.54) is 18.1 Å². The Morgan fingerprint density at radius 2 is 1.97 bits per heavy atom. The number of carbonyl (C=O) groups excluding carboxylic acids is 1. The van der Waals surface area contributed by atoms with Crippen molar-refractivity contribution in [2.45, 2.75) is 19.3 Å². The van der Waals surface area contributed by atoms with Crippen LogP contribution in [0.15, 0.2) is 59.7 Å². The summed E-state index contributed by atoms with van der Waals surface area (Å²) in [6.07, 6.45) is 1.39. The minimum atomic E-state index is -0.327. The van der Waals surface area contributed by atoms with Crippen LogP contribution in [0.5, 0.6) is 0 Å². The maximum atomic E-state index is 12.4. The van der Waals surface area contributed by atoms with Crippen molar-refractivity contribution in [1.82, 2.24) is 9.97 Å². The number of rotatable bonds is 5. The first-order valence-electron chi connectivity index (χ1n) is 9.19. The van der Waals surface area contributed by atoms with Gasteiger partial charge in [-0.1, -0.05) is 29.8 Å². The average molecular weight is 407 g/mol. The summed E-state index contributed by atoms with van der Waals surface area (Å²) < 4.78 is 0. The fourth-order valence-electron chi connectivity index (χ4n) is 3.16. The molecular formula is C21H21N5O2S. The van der Waals surface area contributed by atoms with Gasteiger partial charge in [-0.05, 0) is 43.7 Å². The second-order valence-electron chi connectivity index (χ2n) is 6.86. The van der Waals surface area contributed by atoms with Crippen LogP contribution in [0.3, 0.4) is 0 Å². The highest BCUT2D eigenvalue weighted by atomic mass is 32.2. The van der Waals surface area contributed by atoms with Gasteiger partial charge in [-0.25, -0.2) is 4.98 Å². The van der Waals surface area contributed by atoms with Crippen LogP contribution in [-0.2, 0) is 4.79 Å². The molecule has 1 aromatic heterocycles. The highest BCUT2D eigenvalue weighted by Gasteiger charge is 2.33. The largest absolute Gasteiger partial charge is 0.349 e. The van der Waals surface area contributed by atoms with Crippen LogP contribution in [-0.4, -0.2) is 27.1 Å². The molecule has 0 saturated heterocycles. The number of nitrogens with one attached hydrogen (secondary N) is 3. The molecule has 0 saturated carbocycles. The van der Waals surface area contributed by atoms with Gasteiger partial charge in [0.05, 0.1) is 12.1 Å². The van der Waals surface area contributed by atoms with Crippen molar-refractivity contribution in [2.24, 2.45) is 0 Å². The van der Waals surface area contributed by atoms with E-state index in [1.54, 1.807) is 0 Å². The molecule has 148 valence electrons. The smallest absolute Gasteiger partial charge is 0.276 e. The molecule has 0 spiro atoms. The number of carbonyl (C=O) groups is 1. The second kappa shape index (κ2) is 8.00. The van der Waals surface area contributed by atoms with Gasteiger partial charge in [-0.2, -0.15) is 0 Å². The van der Waals surface area contributed by atoms with Crippen LogP contribution in [0.4, 0.5) is 22.9 Å². The summed E-state index contributed by atoms with van der Waals surface area (Å²) in [5.74, 6) is 0.665. The molecule has 3 aromatic rings. The zero-order valence-electron chi connectivity index (χ0n) is 16.1. The Morgan fingerprint density at radius 3 is 2.72 bits per heavy atom. The molecule has 2 aromatic carbocycles. The first-order chi connectivity index (χ1) is 14.0. The summed E-state index contributed by atoms with van der Waals surface area (Å²) in [5.41, 5.74) is 3.74. The first-order valence-corrected chi connectivity index (χ1v) is 10.2. The van der Waals surface area contributed by atoms with E-state index in [-0.39, 0.29) is 22.7 Å². The fourth-order valence-corrected chi connectivity index (χ4v) is 4.11. The van der Waals surface area contributed by atoms with Crippen LogP contribution in [0.1, 0.15) is 11.1 Å². The van der Waals surface area contributed by atoms with Crippen LogP contribution >= 0.6 is 11.8 Å². The molecule has 1 amide bonds. The Morgan fingerprint density at radius 1 is 1.17 bits per heavy atom. The van der Waals surface area contributed by atoms with E-state index in [0.29, 0.717) is 11.5 Å². The maximum absolute atomic E-state index is 12.4. The van der Waals surface area contributed by atoms with Crippen molar-refractivity contribution in [3.8, 4) is 0 Å². The van der Waals surface area contributed by atoms with E-state index in [2.05, 4.69) is 20.6 Å². The molecule has 7 nitrogen and oxygen atoms in total. The highest BCUT2D eigenvalue weighted by molar-refractivity contribution is 8.00. The number of benzene rings is 2. The molecule has 1 unspecified atom stereocenters. The van der Waals surface area contributed by atoms with E-state index < -0.39 is 0 Å². The van der Waals surface area contributed by atoms with Gasteiger partial charge >= 0.3 is 0 Å². The van der Waals surface area contributed by atoms with Crippen LogP contribution in [0, 0.1) is 13.8 Å². The van der Waals surface area contributed by atoms with Crippen molar-refractivity contribution in [3.63, 3.8) is 0 Å². The van der Waals surface area contributed by atoms with Gasteiger partial charge in [0.15, 0.2) is 11.3 Å². The molecule has 1 aliphatic rings. The molecule has 29 heavy (non-hydrogen) atoms. The number of aromatic amines is 1. The topological polar surface area (TPSA) is 90.1 Å². The monoisotopic (exact) mass is 407 g/mol. The van der Waals surface area contributed by atoms with E-state index >= 15 is 0 Å². The molecule has 0 bridgehead atoms. The Balaban J connectivity index is 1.52. The van der Waals surface area contributed by atoms with Gasteiger partial charge in [0, 0.05) is 11.4 Å². The number of fused-ring (bicyclic) bond motifs is 1. The Labute approximate surface area is 172 Å². The standard InChI is InChI=1S/C21H21N5O2S/c1-13-6-8-16(9-7-13)26-19-18(20(28)23-12-22-19)25-21(26)29-11-17(27)24-15-5-3-4-14(2)10-15/h3-10,12,21,25H,11H2,1-2H3,(H,24,27)(H,22,23,28). The minimum absolute atomic E-state index is 0.107. The molecule has 1 atom stereocenters. The lowest BCUT2D eigenvalue weighted by atomic mass is 10.2. The third-order valence-corrected chi connectivity index (χ3v) is 5.62. The van der Waals surface area contributed by atoms with Gasteiger partial charge in [0.1, 0.15) is 5.69 Å². The lowest BCUT2D eigenvalue weighted by Crippen LogP contribution is -2.31. The number of amides is 1. The number of hydrogen-bond acceptors (Lipinski definition) is 6. The van der Waals surface area contributed by atoms with Crippen LogP contribution in [0.2, 0.25) is 0 Å². The number of anilines is 4. The normalized spacial score (nSPS) is 15.0. The van der Waals surface area contributed by atoms with Gasteiger partial charge < -0.3 is 15.6 Å². The summed E-state index contributed by atoms with van der Waals surface area (Å²) in [6, 6.07) is 15.7. The van der Waals surface area contributed by atoms with Gasteiger partial charge in [-0.15, -0.1) is 11.8 Å². The number of H-pyrrole nitrogens is 1. The van der Waals surface area contributed by atoms with Crippen LogP contribution in [0.25, 0.3) is 0 Å². The zero-order valence-corrected chi connectivity index (χ0v) is 16.9. The predicted molar refractivity (Wildman–Crippen MR) is 118 cm³/mol. The zero-order chi connectivity index (χ0) is 20.4. The summed E-state index contributed by atoms with van der Waals surface area (Å²) in [7, 11) is 0. The summed E-state index contributed by atoms with van der Waals surface area (Å²) in [6.45, 7) is 4.00. The second-order valence-corrected chi connectivity index (χ2v) is 7.93. The number of aryl methyl sites for hydroxylation is 2. The van der Waals surface area contributed by atoms with Crippen molar-refractivity contribution >= 4 is 40.5 Å². The predicted octanol–water partition coefficient (Wildman–Crippen LogP) is 3.61. The molecule has 0 aliphatic carbocycles. The van der Waals surface area contributed by atoms with Crippen molar-refractivity contribution in [1.29, 1.82) is 0 Å². The van der Waals surface area contributed by atoms with E-state index in [4.69, 9.17) is 0 Å². The lowest BCUT2D eigenvalue weighted by molar-refractivity contribution is -0.113. The van der Waals surface area contributed by atoms with Gasteiger partial charge in [0.2, 0.25) is 5.91 Å². The molecule has 8 heteroatoms. The molecule has 2 heterocycles. The lowest BCUT2D eigenvalue weighted by Gasteiger charge is -2.25. The molecule has 4 rings (SSSR count). The number of thioether (sulfide) groups is 1. The Kier molecular flexibility index (Phi) is 5.26. The molecule has 3 N–H and O–H groups in total. The van der Waals surface area contributed by atoms with E-state index in [0.717, 1.165) is 22.5 Å². The maximum Gasteiger partial charge on any atom is 0.276 e. The van der Waals surface area contributed by atoms with Gasteiger partial charge in [0.25, 0.3) is 5.56 Å². The van der Waals surface area contributed by atoms with Crippen molar-refractivity contribution < 1.29 is 4.79 Å².